The molecule has 1 rings (SSSR count). The first-order chi connectivity index (χ1) is 8.76. The van der Waals surface area contributed by atoms with Crippen LogP contribution in [-0.4, -0.2) is 25.9 Å². The summed E-state index contributed by atoms with van der Waals surface area (Å²) in [6.07, 6.45) is 0.113. The average Bonchev–Trinajstić information content (AvgIpc) is 2.41. The lowest BCUT2D eigenvalue weighted by molar-refractivity contribution is -0.0116. The monoisotopic (exact) mass is 247 g/mol. The molecule has 0 amide bonds. The second-order valence-electron chi connectivity index (χ2n) is 3.98. The fraction of sp³-hybridized carbons (Fsp3) is 0.467. The summed E-state index contributed by atoms with van der Waals surface area (Å²) in [5.74, 6) is 5.82. The van der Waals surface area contributed by atoms with E-state index in [4.69, 9.17) is 15.2 Å². The third-order valence-electron chi connectivity index (χ3n) is 2.38. The number of rotatable bonds is 6. The molecule has 0 aliphatic carbocycles. The molecule has 0 saturated carbocycles. The Morgan fingerprint density at radius 1 is 1.28 bits per heavy atom. The van der Waals surface area contributed by atoms with Crippen LogP contribution in [0.1, 0.15) is 25.0 Å². The molecule has 0 radical (unpaired) electrons. The summed E-state index contributed by atoms with van der Waals surface area (Å²) >= 11 is 0. The van der Waals surface area contributed by atoms with Crippen LogP contribution in [0.15, 0.2) is 24.3 Å². The first kappa shape index (κ1) is 14.7. The van der Waals surface area contributed by atoms with Crippen LogP contribution in [0.4, 0.5) is 0 Å². The third kappa shape index (κ3) is 5.83. The Morgan fingerprint density at radius 3 is 2.61 bits per heavy atom. The smallest absolute Gasteiger partial charge is 0.0785 e. The van der Waals surface area contributed by atoms with E-state index in [1.807, 2.05) is 38.1 Å². The van der Waals surface area contributed by atoms with Gasteiger partial charge in [-0.1, -0.05) is 24.0 Å². The van der Waals surface area contributed by atoms with Gasteiger partial charge in [-0.15, -0.1) is 0 Å². The Hall–Kier alpha value is -1.34. The van der Waals surface area contributed by atoms with Gasteiger partial charge in [0, 0.05) is 12.2 Å². The van der Waals surface area contributed by atoms with Crippen molar-refractivity contribution in [3.05, 3.63) is 35.4 Å². The summed E-state index contributed by atoms with van der Waals surface area (Å²) in [6.45, 7) is 6.34. The Bertz CT molecular complexity index is 389. The van der Waals surface area contributed by atoms with Gasteiger partial charge in [0.1, 0.15) is 0 Å². The molecular weight excluding hydrogens is 226 g/mol. The van der Waals surface area contributed by atoms with Crippen LogP contribution < -0.4 is 5.73 Å². The van der Waals surface area contributed by atoms with E-state index in [1.165, 1.54) is 0 Å². The molecule has 3 nitrogen and oxygen atoms in total. The van der Waals surface area contributed by atoms with Crippen molar-refractivity contribution in [1.29, 1.82) is 0 Å². The van der Waals surface area contributed by atoms with Gasteiger partial charge in [0.15, 0.2) is 0 Å². The van der Waals surface area contributed by atoms with E-state index in [0.29, 0.717) is 19.8 Å². The Labute approximate surface area is 109 Å². The third-order valence-corrected chi connectivity index (χ3v) is 2.38. The van der Waals surface area contributed by atoms with E-state index in [2.05, 4.69) is 11.8 Å². The normalized spacial score (nSPS) is 11.7. The van der Waals surface area contributed by atoms with Crippen LogP contribution in [0, 0.1) is 11.8 Å². The number of hydrogen-bond acceptors (Lipinski definition) is 3. The van der Waals surface area contributed by atoms with Crippen LogP contribution in [-0.2, 0) is 16.1 Å². The fourth-order valence-electron chi connectivity index (χ4n) is 1.41. The maximum atomic E-state index is 5.67. The molecule has 1 aromatic carbocycles. The average molecular weight is 247 g/mol. The molecule has 0 aromatic heterocycles. The molecule has 0 saturated heterocycles. The van der Waals surface area contributed by atoms with Crippen molar-refractivity contribution in [2.45, 2.75) is 26.6 Å². The van der Waals surface area contributed by atoms with E-state index in [-0.39, 0.29) is 6.10 Å². The molecule has 0 aliphatic heterocycles. The number of benzene rings is 1. The largest absolute Gasteiger partial charge is 0.379 e. The summed E-state index contributed by atoms with van der Waals surface area (Å²) in [6, 6.07) is 8.00. The molecule has 0 aliphatic rings. The second kappa shape index (κ2) is 8.71. The van der Waals surface area contributed by atoms with Gasteiger partial charge in [-0.3, -0.25) is 0 Å². The van der Waals surface area contributed by atoms with Crippen LogP contribution in [0.5, 0.6) is 0 Å². The summed E-state index contributed by atoms with van der Waals surface area (Å²) in [4.78, 5) is 0. The van der Waals surface area contributed by atoms with Gasteiger partial charge >= 0.3 is 0 Å². The predicted molar refractivity (Wildman–Crippen MR) is 73.1 cm³/mol. The standard InChI is InChI=1S/C15H21NO2/c1-3-17-11-13(2)18-12-15-8-6-14(7-9-15)5-4-10-16/h6-9,13H,3,10-12,16H2,1-2H3. The summed E-state index contributed by atoms with van der Waals surface area (Å²) in [5, 5.41) is 0. The SMILES string of the molecule is CCOCC(C)OCc1ccc(C#CCN)cc1. The molecular formula is C15H21NO2. The zero-order valence-corrected chi connectivity index (χ0v) is 11.1. The maximum Gasteiger partial charge on any atom is 0.0785 e. The highest BCUT2D eigenvalue weighted by atomic mass is 16.5. The van der Waals surface area contributed by atoms with E-state index in [0.717, 1.165) is 17.7 Å². The minimum Gasteiger partial charge on any atom is -0.379 e. The van der Waals surface area contributed by atoms with E-state index < -0.39 is 0 Å². The molecule has 1 atom stereocenters. The topological polar surface area (TPSA) is 44.5 Å². The van der Waals surface area contributed by atoms with E-state index in [1.54, 1.807) is 0 Å². The van der Waals surface area contributed by atoms with E-state index >= 15 is 0 Å². The van der Waals surface area contributed by atoms with Crippen molar-refractivity contribution in [1.82, 2.24) is 0 Å². The Morgan fingerprint density at radius 2 is 2.00 bits per heavy atom. The lowest BCUT2D eigenvalue weighted by atomic mass is 10.1. The molecule has 1 unspecified atom stereocenters. The first-order valence-corrected chi connectivity index (χ1v) is 6.23. The van der Waals surface area contributed by atoms with Crippen LogP contribution in [0.25, 0.3) is 0 Å². The van der Waals surface area contributed by atoms with Gasteiger partial charge in [0.05, 0.1) is 25.9 Å². The minimum atomic E-state index is 0.113. The van der Waals surface area contributed by atoms with Gasteiger partial charge in [-0.25, -0.2) is 0 Å². The number of nitrogens with two attached hydrogens (primary N) is 1. The zero-order valence-electron chi connectivity index (χ0n) is 11.1. The van der Waals surface area contributed by atoms with Crippen molar-refractivity contribution in [3.8, 4) is 11.8 Å². The highest BCUT2D eigenvalue weighted by Gasteiger charge is 2.02. The molecule has 0 spiro atoms. The lowest BCUT2D eigenvalue weighted by Gasteiger charge is -2.12. The van der Waals surface area contributed by atoms with Crippen molar-refractivity contribution in [2.24, 2.45) is 5.73 Å². The van der Waals surface area contributed by atoms with Crippen LogP contribution in [0.3, 0.4) is 0 Å². The quantitative estimate of drug-likeness (QED) is 0.781. The van der Waals surface area contributed by atoms with Crippen LogP contribution in [0.2, 0.25) is 0 Å². The van der Waals surface area contributed by atoms with Crippen molar-refractivity contribution in [3.63, 3.8) is 0 Å². The van der Waals surface area contributed by atoms with Gasteiger partial charge in [-0.05, 0) is 31.5 Å². The summed E-state index contributed by atoms with van der Waals surface area (Å²) in [7, 11) is 0. The molecule has 1 aromatic rings. The number of hydrogen-bond donors (Lipinski definition) is 1. The minimum absolute atomic E-state index is 0.113. The summed E-state index contributed by atoms with van der Waals surface area (Å²) in [5.41, 5.74) is 7.44. The zero-order chi connectivity index (χ0) is 13.2. The maximum absolute atomic E-state index is 5.67. The van der Waals surface area contributed by atoms with E-state index in [9.17, 15) is 0 Å². The van der Waals surface area contributed by atoms with Crippen molar-refractivity contribution < 1.29 is 9.47 Å². The molecule has 0 fully saturated rings. The molecule has 98 valence electrons. The highest BCUT2D eigenvalue weighted by Crippen LogP contribution is 2.06. The van der Waals surface area contributed by atoms with Gasteiger partial charge in [0.2, 0.25) is 0 Å². The van der Waals surface area contributed by atoms with Gasteiger partial charge in [-0.2, -0.15) is 0 Å². The predicted octanol–water partition coefficient (Wildman–Crippen LogP) is 1.94. The fourth-order valence-corrected chi connectivity index (χ4v) is 1.41. The molecule has 3 heteroatoms. The lowest BCUT2D eigenvalue weighted by Crippen LogP contribution is -2.15. The van der Waals surface area contributed by atoms with Crippen molar-refractivity contribution >= 4 is 0 Å². The molecule has 18 heavy (non-hydrogen) atoms. The van der Waals surface area contributed by atoms with Crippen molar-refractivity contribution in [2.75, 3.05) is 19.8 Å². The van der Waals surface area contributed by atoms with Crippen LogP contribution >= 0.6 is 0 Å². The second-order valence-corrected chi connectivity index (χ2v) is 3.98. The molecule has 0 bridgehead atoms. The Balaban J connectivity index is 2.39. The number of ether oxygens (including phenoxy) is 2. The van der Waals surface area contributed by atoms with Gasteiger partial charge in [0.25, 0.3) is 0 Å². The highest BCUT2D eigenvalue weighted by molar-refractivity contribution is 5.36. The molecule has 0 heterocycles. The summed E-state index contributed by atoms with van der Waals surface area (Å²) < 4.78 is 11.0. The van der Waals surface area contributed by atoms with Gasteiger partial charge < -0.3 is 15.2 Å². The molecule has 2 N–H and O–H groups in total. The first-order valence-electron chi connectivity index (χ1n) is 6.23. The Kier molecular flexibility index (Phi) is 7.12.